The van der Waals surface area contributed by atoms with Crippen LogP contribution in [0.3, 0.4) is 0 Å². The summed E-state index contributed by atoms with van der Waals surface area (Å²) in [5.41, 5.74) is 1.14. The number of furan rings is 1. The number of aryl methyl sites for hydroxylation is 1. The van der Waals surface area contributed by atoms with Crippen molar-refractivity contribution in [3.8, 4) is 11.6 Å². The second kappa shape index (κ2) is 8.10. The van der Waals surface area contributed by atoms with Crippen LogP contribution in [0.4, 0.5) is 0 Å². The van der Waals surface area contributed by atoms with E-state index >= 15 is 0 Å². The highest BCUT2D eigenvalue weighted by Gasteiger charge is 2.33. The van der Waals surface area contributed by atoms with Crippen LogP contribution in [0.15, 0.2) is 32.7 Å². The minimum absolute atomic E-state index is 0.306. The molecule has 0 spiro atoms. The molecule has 1 fully saturated rings. The number of carboxylic acid groups (broad SMARTS) is 2. The smallest absolute Gasteiger partial charge is 0.414 e. The molecule has 3 aromatic heterocycles. The molecule has 3 aromatic rings. The molecule has 0 amide bonds. The molecule has 0 bridgehead atoms. The number of hydrogen-bond acceptors (Lipinski definition) is 9. The number of rotatable bonds is 4. The Morgan fingerprint density at radius 2 is 2.04 bits per heavy atom. The first-order valence-corrected chi connectivity index (χ1v) is 8.77. The third-order valence-electron chi connectivity index (χ3n) is 3.72. The molecule has 10 nitrogen and oxygen atoms in total. The predicted octanol–water partition coefficient (Wildman–Crippen LogP) is 1.85. The molecular formula is C16H16N4O6S. The normalized spacial score (nSPS) is 14.3. The molecule has 4 heterocycles. The lowest BCUT2D eigenvalue weighted by atomic mass is 10.00. The molecule has 0 aromatic carbocycles. The average molecular weight is 392 g/mol. The Hall–Kier alpha value is -3.05. The van der Waals surface area contributed by atoms with Crippen LogP contribution < -0.4 is 0 Å². The van der Waals surface area contributed by atoms with E-state index in [2.05, 4.69) is 25.4 Å². The first kappa shape index (κ1) is 18.7. The number of aliphatic carboxylic acids is 2. The quantitative estimate of drug-likeness (QED) is 0.631. The van der Waals surface area contributed by atoms with Gasteiger partial charge in [-0.2, -0.15) is 4.98 Å². The van der Waals surface area contributed by atoms with Gasteiger partial charge in [0.25, 0.3) is 0 Å². The number of hydrogen-bond donors (Lipinski definition) is 2. The van der Waals surface area contributed by atoms with Crippen molar-refractivity contribution >= 4 is 23.3 Å². The van der Waals surface area contributed by atoms with Crippen LogP contribution in [-0.2, 0) is 16.1 Å². The maximum atomic E-state index is 9.10. The van der Waals surface area contributed by atoms with E-state index < -0.39 is 11.9 Å². The fourth-order valence-corrected chi connectivity index (χ4v) is 3.08. The van der Waals surface area contributed by atoms with E-state index in [1.165, 1.54) is 0 Å². The molecule has 0 unspecified atom stereocenters. The summed E-state index contributed by atoms with van der Waals surface area (Å²) in [6.45, 7) is 4.77. The zero-order valence-electron chi connectivity index (χ0n) is 14.2. The van der Waals surface area contributed by atoms with Crippen LogP contribution in [0.5, 0.6) is 0 Å². The molecule has 1 saturated heterocycles. The van der Waals surface area contributed by atoms with Crippen molar-refractivity contribution in [3.05, 3.63) is 40.4 Å². The highest BCUT2D eigenvalue weighted by molar-refractivity contribution is 7.09. The van der Waals surface area contributed by atoms with Crippen LogP contribution in [0, 0.1) is 6.92 Å². The fourth-order valence-electron chi connectivity index (χ4n) is 2.47. The van der Waals surface area contributed by atoms with Gasteiger partial charge in [0.2, 0.25) is 11.7 Å². The van der Waals surface area contributed by atoms with Crippen molar-refractivity contribution in [1.82, 2.24) is 20.0 Å². The van der Waals surface area contributed by atoms with Gasteiger partial charge in [-0.15, -0.1) is 11.3 Å². The number of carboxylic acids is 2. The number of nitrogens with zero attached hydrogens (tertiary/aromatic N) is 4. The summed E-state index contributed by atoms with van der Waals surface area (Å²) in [5, 5.41) is 22.0. The van der Waals surface area contributed by atoms with E-state index in [0.29, 0.717) is 23.4 Å². The van der Waals surface area contributed by atoms with E-state index in [4.69, 9.17) is 28.7 Å². The van der Waals surface area contributed by atoms with Gasteiger partial charge in [0.15, 0.2) is 5.76 Å². The fraction of sp³-hybridized carbons (Fsp3) is 0.312. The molecule has 142 valence electrons. The Labute approximate surface area is 157 Å². The van der Waals surface area contributed by atoms with E-state index in [0.717, 1.165) is 30.3 Å². The summed E-state index contributed by atoms with van der Waals surface area (Å²) in [6, 6.07) is 3.64. The van der Waals surface area contributed by atoms with Crippen LogP contribution in [0.1, 0.15) is 22.5 Å². The van der Waals surface area contributed by atoms with E-state index in [1.807, 2.05) is 19.1 Å². The number of likely N-dealkylation sites (tertiary alicyclic amines) is 1. The second-order valence-electron chi connectivity index (χ2n) is 5.79. The summed E-state index contributed by atoms with van der Waals surface area (Å²) < 4.78 is 10.6. The highest BCUT2D eigenvalue weighted by atomic mass is 32.1. The molecule has 0 atom stereocenters. The van der Waals surface area contributed by atoms with Gasteiger partial charge < -0.3 is 19.2 Å². The lowest BCUT2D eigenvalue weighted by molar-refractivity contribution is -0.159. The molecular weight excluding hydrogens is 376 g/mol. The van der Waals surface area contributed by atoms with Crippen molar-refractivity contribution in [3.63, 3.8) is 0 Å². The zero-order valence-corrected chi connectivity index (χ0v) is 15.0. The zero-order chi connectivity index (χ0) is 19.4. The minimum Gasteiger partial charge on any atom is -0.473 e. The molecule has 27 heavy (non-hydrogen) atoms. The van der Waals surface area contributed by atoms with Crippen molar-refractivity contribution in [1.29, 1.82) is 0 Å². The summed E-state index contributed by atoms with van der Waals surface area (Å²) in [7, 11) is 0. The van der Waals surface area contributed by atoms with Gasteiger partial charge in [0.1, 0.15) is 0 Å². The second-order valence-corrected chi connectivity index (χ2v) is 6.85. The molecule has 0 saturated carbocycles. The van der Waals surface area contributed by atoms with E-state index in [1.54, 1.807) is 17.6 Å². The van der Waals surface area contributed by atoms with Gasteiger partial charge in [-0.1, -0.05) is 5.16 Å². The van der Waals surface area contributed by atoms with Gasteiger partial charge in [0.05, 0.1) is 22.9 Å². The molecule has 1 aliphatic heterocycles. The first-order valence-electron chi connectivity index (χ1n) is 7.89. The summed E-state index contributed by atoms with van der Waals surface area (Å²) >= 11 is 1.69. The van der Waals surface area contributed by atoms with Gasteiger partial charge >= 0.3 is 11.9 Å². The SMILES string of the molecule is Cc1nc(CN2CC(c3nc(-c4ccco4)no3)C2)cs1.O=C(O)C(=O)O. The van der Waals surface area contributed by atoms with Crippen molar-refractivity contribution in [2.75, 3.05) is 13.1 Å². The molecule has 4 rings (SSSR count). The van der Waals surface area contributed by atoms with Crippen LogP contribution in [0.2, 0.25) is 0 Å². The number of aromatic nitrogens is 3. The lowest BCUT2D eigenvalue weighted by Gasteiger charge is -2.36. The van der Waals surface area contributed by atoms with Gasteiger partial charge in [-0.25, -0.2) is 14.6 Å². The molecule has 1 aliphatic rings. The third-order valence-corrected chi connectivity index (χ3v) is 4.55. The Morgan fingerprint density at radius 1 is 1.30 bits per heavy atom. The molecule has 2 N–H and O–H groups in total. The molecule has 11 heteroatoms. The Bertz CT molecular complexity index is 901. The van der Waals surface area contributed by atoms with E-state index in [9.17, 15) is 0 Å². The van der Waals surface area contributed by atoms with Gasteiger partial charge in [-0.3, -0.25) is 4.90 Å². The molecule has 0 radical (unpaired) electrons. The average Bonchev–Trinajstić information content (AvgIpc) is 3.32. The van der Waals surface area contributed by atoms with Crippen LogP contribution in [-0.4, -0.2) is 55.3 Å². The van der Waals surface area contributed by atoms with Gasteiger partial charge in [0, 0.05) is 25.0 Å². The monoisotopic (exact) mass is 392 g/mol. The Kier molecular flexibility index (Phi) is 5.62. The number of thiazole rings is 1. The minimum atomic E-state index is -1.82. The summed E-state index contributed by atoms with van der Waals surface area (Å²) in [6.07, 6.45) is 1.60. The van der Waals surface area contributed by atoms with Crippen molar-refractivity contribution in [2.45, 2.75) is 19.4 Å². The topological polar surface area (TPSA) is 143 Å². The highest BCUT2D eigenvalue weighted by Crippen LogP contribution is 2.29. The van der Waals surface area contributed by atoms with Gasteiger partial charge in [-0.05, 0) is 19.1 Å². The van der Waals surface area contributed by atoms with Crippen molar-refractivity contribution < 1.29 is 28.7 Å². The Balaban J connectivity index is 0.000000307. The van der Waals surface area contributed by atoms with Crippen LogP contribution in [0.25, 0.3) is 11.6 Å². The Morgan fingerprint density at radius 3 is 2.59 bits per heavy atom. The van der Waals surface area contributed by atoms with E-state index in [-0.39, 0.29) is 0 Å². The summed E-state index contributed by atoms with van der Waals surface area (Å²) in [5.74, 6) is -1.50. The third kappa shape index (κ3) is 4.77. The van der Waals surface area contributed by atoms with Crippen molar-refractivity contribution in [2.24, 2.45) is 0 Å². The standard InChI is InChI=1S/C14H14N4O2S.C2H2O4/c1-9-15-11(8-21-9)7-18-5-10(6-18)14-16-13(17-20-14)12-3-2-4-19-12;3-1(4)2(5)6/h2-4,8,10H,5-7H2,1H3;(H,3,4)(H,5,6). The number of carbonyl (C=O) groups is 2. The first-order chi connectivity index (χ1) is 12.9. The largest absolute Gasteiger partial charge is 0.473 e. The van der Waals surface area contributed by atoms with Crippen LogP contribution >= 0.6 is 11.3 Å². The lowest BCUT2D eigenvalue weighted by Crippen LogP contribution is -2.44. The maximum absolute atomic E-state index is 9.10. The summed E-state index contributed by atoms with van der Waals surface area (Å²) in [4.78, 5) is 29.4. The maximum Gasteiger partial charge on any atom is 0.414 e. The predicted molar refractivity (Wildman–Crippen MR) is 92.1 cm³/mol. The molecule has 0 aliphatic carbocycles.